The van der Waals surface area contributed by atoms with Gasteiger partial charge in [0.2, 0.25) is 11.8 Å². The Morgan fingerprint density at radius 1 is 0.931 bits per heavy atom. The van der Waals surface area contributed by atoms with Crippen LogP contribution < -0.4 is 10.2 Å². The number of nitrogens with zero attached hydrogens (tertiary/aromatic N) is 1. The van der Waals surface area contributed by atoms with Gasteiger partial charge in [-0.15, -0.1) is 0 Å². The van der Waals surface area contributed by atoms with Crippen LogP contribution in [0.4, 0.5) is 11.4 Å². The number of carbonyl (C=O) groups excluding carboxylic acids is 3. The van der Waals surface area contributed by atoms with Crippen molar-refractivity contribution in [3.8, 4) is 0 Å². The molecule has 4 rings (SSSR count). The van der Waals surface area contributed by atoms with E-state index >= 15 is 0 Å². The molecule has 3 atom stereocenters. The molecule has 3 amide bonds. The average molecular weight is 390 g/mol. The van der Waals surface area contributed by atoms with Crippen molar-refractivity contribution in [3.05, 3.63) is 59.2 Å². The van der Waals surface area contributed by atoms with Crippen LogP contribution in [0.3, 0.4) is 0 Å². The first-order valence-corrected chi connectivity index (χ1v) is 10.2. The predicted octanol–water partition coefficient (Wildman–Crippen LogP) is 4.48. The van der Waals surface area contributed by atoms with Crippen LogP contribution in [0.25, 0.3) is 0 Å². The average Bonchev–Trinajstić information content (AvgIpc) is 2.94. The zero-order valence-electron chi connectivity index (χ0n) is 17.1. The molecule has 1 heterocycles. The largest absolute Gasteiger partial charge is 0.322 e. The minimum Gasteiger partial charge on any atom is -0.322 e. The van der Waals surface area contributed by atoms with Crippen LogP contribution in [-0.2, 0) is 9.59 Å². The van der Waals surface area contributed by atoms with E-state index in [-0.39, 0.29) is 29.6 Å². The molecule has 5 heteroatoms. The van der Waals surface area contributed by atoms with Crippen molar-refractivity contribution in [1.29, 1.82) is 0 Å². The van der Waals surface area contributed by atoms with E-state index in [0.29, 0.717) is 17.2 Å². The summed E-state index contributed by atoms with van der Waals surface area (Å²) in [7, 11) is 0. The van der Waals surface area contributed by atoms with Crippen molar-refractivity contribution in [2.45, 2.75) is 40.0 Å². The molecule has 2 aromatic carbocycles. The van der Waals surface area contributed by atoms with Crippen LogP contribution in [0.5, 0.6) is 0 Å². The maximum atomic E-state index is 12.8. The van der Waals surface area contributed by atoms with Gasteiger partial charge in [0, 0.05) is 11.3 Å². The number of carbonyl (C=O) groups is 3. The number of anilines is 2. The minimum absolute atomic E-state index is 0.0979. The topological polar surface area (TPSA) is 66.5 Å². The molecule has 2 fully saturated rings. The molecular formula is C24H26N2O3. The number of hydrogen-bond acceptors (Lipinski definition) is 3. The Hall–Kier alpha value is -2.95. The molecule has 0 bridgehead atoms. The Labute approximate surface area is 171 Å². The van der Waals surface area contributed by atoms with E-state index in [1.54, 1.807) is 24.3 Å². The fourth-order valence-electron chi connectivity index (χ4n) is 4.43. The normalized spacial score (nSPS) is 23.8. The van der Waals surface area contributed by atoms with E-state index in [2.05, 4.69) is 12.2 Å². The molecule has 1 N–H and O–H groups in total. The summed E-state index contributed by atoms with van der Waals surface area (Å²) < 4.78 is 0. The van der Waals surface area contributed by atoms with Gasteiger partial charge in [-0.1, -0.05) is 13.0 Å². The van der Waals surface area contributed by atoms with Crippen molar-refractivity contribution in [1.82, 2.24) is 0 Å². The fourth-order valence-corrected chi connectivity index (χ4v) is 4.43. The molecule has 1 saturated heterocycles. The number of benzene rings is 2. The standard InChI is InChI=1S/C24H26N2O3/c1-14-4-11-20-21(12-14)24(29)26(23(20)28)19-9-6-17(7-10-19)22(27)25-18-8-5-15(2)16(3)13-18/h5-10,13-14,20-21H,4,11-12H2,1-3H3,(H,25,27)/t14-,20-,21-/m1/s1. The molecule has 1 saturated carbocycles. The number of rotatable bonds is 3. The lowest BCUT2D eigenvalue weighted by Crippen LogP contribution is -2.30. The van der Waals surface area contributed by atoms with E-state index in [0.717, 1.165) is 30.5 Å². The quantitative estimate of drug-likeness (QED) is 0.786. The Morgan fingerprint density at radius 3 is 2.31 bits per heavy atom. The van der Waals surface area contributed by atoms with Gasteiger partial charge in [0.25, 0.3) is 5.91 Å². The number of nitrogens with one attached hydrogen (secondary N) is 1. The van der Waals surface area contributed by atoms with Crippen LogP contribution >= 0.6 is 0 Å². The van der Waals surface area contributed by atoms with Crippen LogP contribution in [0, 0.1) is 31.6 Å². The predicted molar refractivity (Wildman–Crippen MR) is 113 cm³/mol. The van der Waals surface area contributed by atoms with Crippen LogP contribution in [0.1, 0.15) is 47.7 Å². The van der Waals surface area contributed by atoms with Gasteiger partial charge in [-0.05, 0) is 86.6 Å². The summed E-state index contributed by atoms with van der Waals surface area (Å²) in [6, 6.07) is 12.5. The van der Waals surface area contributed by atoms with E-state index in [1.807, 2.05) is 32.0 Å². The van der Waals surface area contributed by atoms with Gasteiger partial charge in [-0.2, -0.15) is 0 Å². The van der Waals surface area contributed by atoms with Crippen LogP contribution in [0.2, 0.25) is 0 Å². The molecule has 0 aromatic heterocycles. The first-order chi connectivity index (χ1) is 13.8. The van der Waals surface area contributed by atoms with E-state index in [1.165, 1.54) is 10.5 Å². The summed E-state index contributed by atoms with van der Waals surface area (Å²) in [4.78, 5) is 39.5. The van der Waals surface area contributed by atoms with Gasteiger partial charge in [-0.25, -0.2) is 0 Å². The van der Waals surface area contributed by atoms with E-state index in [4.69, 9.17) is 0 Å². The van der Waals surface area contributed by atoms with Crippen molar-refractivity contribution in [3.63, 3.8) is 0 Å². The molecule has 5 nitrogen and oxygen atoms in total. The molecule has 2 aromatic rings. The number of amides is 3. The third-order valence-electron chi connectivity index (χ3n) is 6.34. The lowest BCUT2D eigenvalue weighted by atomic mass is 9.76. The molecule has 150 valence electrons. The third kappa shape index (κ3) is 3.57. The highest BCUT2D eigenvalue weighted by Gasteiger charge is 2.49. The highest BCUT2D eigenvalue weighted by atomic mass is 16.2. The van der Waals surface area contributed by atoms with Gasteiger partial charge in [0.05, 0.1) is 17.5 Å². The van der Waals surface area contributed by atoms with Crippen LogP contribution in [0.15, 0.2) is 42.5 Å². The summed E-state index contributed by atoms with van der Waals surface area (Å²) in [6.07, 6.45) is 2.55. The summed E-state index contributed by atoms with van der Waals surface area (Å²) >= 11 is 0. The number of hydrogen-bond donors (Lipinski definition) is 1. The van der Waals surface area contributed by atoms with E-state index < -0.39 is 0 Å². The Bertz CT molecular complexity index is 980. The van der Waals surface area contributed by atoms with Crippen molar-refractivity contribution >= 4 is 29.1 Å². The monoisotopic (exact) mass is 390 g/mol. The highest BCUT2D eigenvalue weighted by molar-refractivity contribution is 6.22. The van der Waals surface area contributed by atoms with Crippen molar-refractivity contribution < 1.29 is 14.4 Å². The van der Waals surface area contributed by atoms with Crippen molar-refractivity contribution in [2.75, 3.05) is 10.2 Å². The second kappa shape index (κ2) is 7.47. The zero-order valence-corrected chi connectivity index (χ0v) is 17.1. The third-order valence-corrected chi connectivity index (χ3v) is 6.34. The molecule has 2 aliphatic rings. The van der Waals surface area contributed by atoms with Gasteiger partial charge >= 0.3 is 0 Å². The van der Waals surface area contributed by atoms with E-state index in [9.17, 15) is 14.4 Å². The summed E-state index contributed by atoms with van der Waals surface area (Å²) in [5.74, 6) is -0.325. The number of fused-ring (bicyclic) bond motifs is 1. The highest BCUT2D eigenvalue weighted by Crippen LogP contribution is 2.42. The Morgan fingerprint density at radius 2 is 1.62 bits per heavy atom. The molecule has 0 radical (unpaired) electrons. The first-order valence-electron chi connectivity index (χ1n) is 10.2. The summed E-state index contributed by atoms with van der Waals surface area (Å²) in [5.41, 5.74) is 4.05. The maximum Gasteiger partial charge on any atom is 0.255 e. The SMILES string of the molecule is Cc1ccc(NC(=O)c2ccc(N3C(=O)[C@@H]4CC[C@@H](C)C[C@H]4C3=O)cc2)cc1C. The van der Waals surface area contributed by atoms with Gasteiger partial charge < -0.3 is 5.32 Å². The summed E-state index contributed by atoms with van der Waals surface area (Å²) in [5, 5.41) is 2.89. The molecular weight excluding hydrogens is 364 g/mol. The van der Waals surface area contributed by atoms with Gasteiger partial charge in [0.1, 0.15) is 0 Å². The first kappa shape index (κ1) is 19.4. The molecule has 0 unspecified atom stereocenters. The summed E-state index contributed by atoms with van der Waals surface area (Å²) in [6.45, 7) is 6.17. The second-order valence-electron chi connectivity index (χ2n) is 8.44. The van der Waals surface area contributed by atoms with Crippen molar-refractivity contribution in [2.24, 2.45) is 17.8 Å². The Balaban J connectivity index is 1.50. The zero-order chi connectivity index (χ0) is 20.7. The molecule has 0 spiro atoms. The number of aryl methyl sites for hydroxylation is 2. The minimum atomic E-state index is -0.221. The molecule has 1 aliphatic heterocycles. The smallest absolute Gasteiger partial charge is 0.255 e. The Kier molecular flexibility index (Phi) is 4.99. The molecule has 29 heavy (non-hydrogen) atoms. The lowest BCUT2D eigenvalue weighted by Gasteiger charge is -2.25. The maximum absolute atomic E-state index is 12.8. The van der Waals surface area contributed by atoms with Gasteiger partial charge in [-0.3, -0.25) is 19.3 Å². The second-order valence-corrected chi connectivity index (χ2v) is 8.44. The van der Waals surface area contributed by atoms with Crippen LogP contribution in [-0.4, -0.2) is 17.7 Å². The lowest BCUT2D eigenvalue weighted by molar-refractivity contribution is -0.122. The van der Waals surface area contributed by atoms with Gasteiger partial charge in [0.15, 0.2) is 0 Å². The fraction of sp³-hybridized carbons (Fsp3) is 0.375. The number of imide groups is 1. The molecule has 1 aliphatic carbocycles.